The topological polar surface area (TPSA) is 52.3 Å². The highest BCUT2D eigenvalue weighted by Gasteiger charge is 2.18. The van der Waals surface area contributed by atoms with Crippen LogP contribution in [-0.4, -0.2) is 26.7 Å². The number of aromatic nitrogens is 4. The van der Waals surface area contributed by atoms with Crippen molar-refractivity contribution in [2.24, 2.45) is 0 Å². The van der Waals surface area contributed by atoms with Crippen LogP contribution >= 0.6 is 0 Å². The van der Waals surface area contributed by atoms with Crippen molar-refractivity contribution in [2.75, 3.05) is 7.11 Å². The molecule has 2 aromatic heterocycles. The molecule has 0 unspecified atom stereocenters. The zero-order valence-electron chi connectivity index (χ0n) is 17.0. The molecule has 0 saturated heterocycles. The molecule has 0 aliphatic carbocycles. The lowest BCUT2D eigenvalue weighted by molar-refractivity contribution is 0.415. The van der Waals surface area contributed by atoms with Crippen LogP contribution in [0.5, 0.6) is 5.75 Å². The van der Waals surface area contributed by atoms with E-state index in [9.17, 15) is 0 Å². The Morgan fingerprint density at radius 2 is 1.67 bits per heavy atom. The Labute approximate surface area is 175 Å². The monoisotopic (exact) mass is 394 g/mol. The predicted molar refractivity (Wildman–Crippen MR) is 120 cm³/mol. The van der Waals surface area contributed by atoms with E-state index >= 15 is 0 Å². The summed E-state index contributed by atoms with van der Waals surface area (Å²) in [6.07, 6.45) is 2.20. The first-order valence-electron chi connectivity index (χ1n) is 10.2. The summed E-state index contributed by atoms with van der Waals surface area (Å²) in [7, 11) is 1.67. The number of benzene rings is 3. The van der Waals surface area contributed by atoms with E-state index in [0.717, 1.165) is 57.9 Å². The molecule has 0 N–H and O–H groups in total. The molecule has 5 heteroatoms. The molecular formula is C25H22N4O. The SMILES string of the molecule is CCCc1ccc(-c2nnc3c(-c4ccccc4)nc4ccc(OC)cc4n23)cc1. The Morgan fingerprint density at radius 3 is 2.40 bits per heavy atom. The fourth-order valence-electron chi connectivity index (χ4n) is 3.83. The van der Waals surface area contributed by atoms with Gasteiger partial charge in [0.1, 0.15) is 11.4 Å². The maximum absolute atomic E-state index is 5.47. The molecule has 0 fully saturated rings. The lowest BCUT2D eigenvalue weighted by Gasteiger charge is -2.10. The molecule has 30 heavy (non-hydrogen) atoms. The second-order valence-electron chi connectivity index (χ2n) is 7.31. The number of fused-ring (bicyclic) bond motifs is 3. The van der Waals surface area contributed by atoms with Crippen LogP contribution in [0.25, 0.3) is 39.3 Å². The molecule has 0 bridgehead atoms. The van der Waals surface area contributed by atoms with Gasteiger partial charge in [-0.1, -0.05) is 67.9 Å². The van der Waals surface area contributed by atoms with E-state index in [4.69, 9.17) is 9.72 Å². The number of hydrogen-bond acceptors (Lipinski definition) is 4. The van der Waals surface area contributed by atoms with Crippen LogP contribution in [0.4, 0.5) is 0 Å². The molecule has 3 aromatic carbocycles. The molecule has 0 atom stereocenters. The first-order chi connectivity index (χ1) is 14.8. The number of nitrogens with zero attached hydrogens (tertiary/aromatic N) is 4. The smallest absolute Gasteiger partial charge is 0.188 e. The van der Waals surface area contributed by atoms with Crippen LogP contribution in [0.2, 0.25) is 0 Å². The summed E-state index contributed by atoms with van der Waals surface area (Å²) in [5.41, 5.74) is 6.69. The largest absolute Gasteiger partial charge is 0.497 e. The fraction of sp³-hybridized carbons (Fsp3) is 0.160. The summed E-state index contributed by atoms with van der Waals surface area (Å²) in [5.74, 6) is 1.57. The van der Waals surface area contributed by atoms with Gasteiger partial charge in [0.2, 0.25) is 0 Å². The number of rotatable bonds is 5. The van der Waals surface area contributed by atoms with E-state index in [1.165, 1.54) is 5.56 Å². The van der Waals surface area contributed by atoms with Gasteiger partial charge in [-0.15, -0.1) is 10.2 Å². The second kappa shape index (κ2) is 7.59. The molecule has 0 amide bonds. The summed E-state index contributed by atoms with van der Waals surface area (Å²) < 4.78 is 7.55. The van der Waals surface area contributed by atoms with Crippen LogP contribution < -0.4 is 4.74 Å². The Kier molecular flexibility index (Phi) is 4.64. The van der Waals surface area contributed by atoms with Gasteiger partial charge < -0.3 is 4.74 Å². The summed E-state index contributed by atoms with van der Waals surface area (Å²) in [4.78, 5) is 4.92. The summed E-state index contributed by atoms with van der Waals surface area (Å²) in [5, 5.41) is 9.11. The zero-order chi connectivity index (χ0) is 20.5. The summed E-state index contributed by atoms with van der Waals surface area (Å²) >= 11 is 0. The van der Waals surface area contributed by atoms with Gasteiger partial charge in [0.25, 0.3) is 0 Å². The Bertz CT molecular complexity index is 1320. The molecular weight excluding hydrogens is 372 g/mol. The second-order valence-corrected chi connectivity index (χ2v) is 7.31. The van der Waals surface area contributed by atoms with Gasteiger partial charge in [-0.2, -0.15) is 0 Å². The number of ether oxygens (including phenoxy) is 1. The average molecular weight is 394 g/mol. The molecule has 5 aromatic rings. The number of hydrogen-bond donors (Lipinski definition) is 0. The van der Waals surface area contributed by atoms with Crippen molar-refractivity contribution in [1.82, 2.24) is 19.6 Å². The highest BCUT2D eigenvalue weighted by atomic mass is 16.5. The van der Waals surface area contributed by atoms with Gasteiger partial charge in [-0.05, 0) is 24.1 Å². The maximum Gasteiger partial charge on any atom is 0.188 e. The van der Waals surface area contributed by atoms with Crippen molar-refractivity contribution in [3.63, 3.8) is 0 Å². The molecule has 5 nitrogen and oxygen atoms in total. The van der Waals surface area contributed by atoms with Crippen molar-refractivity contribution in [1.29, 1.82) is 0 Å². The number of methoxy groups -OCH3 is 1. The van der Waals surface area contributed by atoms with E-state index < -0.39 is 0 Å². The third-order valence-electron chi connectivity index (χ3n) is 5.33. The van der Waals surface area contributed by atoms with E-state index in [1.54, 1.807) is 7.11 Å². The standard InChI is InChI=1S/C25H22N4O/c1-3-7-17-10-12-19(13-11-17)24-27-28-25-23(18-8-5-4-6-9-18)26-21-15-14-20(30-2)16-22(21)29(24)25/h4-6,8-16H,3,7H2,1-2H3. The minimum Gasteiger partial charge on any atom is -0.497 e. The zero-order valence-corrected chi connectivity index (χ0v) is 17.0. The molecule has 148 valence electrons. The lowest BCUT2D eigenvalue weighted by Crippen LogP contribution is -1.98. The molecule has 0 spiro atoms. The first-order valence-corrected chi connectivity index (χ1v) is 10.2. The quantitative estimate of drug-likeness (QED) is 0.391. The van der Waals surface area contributed by atoms with Gasteiger partial charge in [0.05, 0.1) is 18.1 Å². The van der Waals surface area contributed by atoms with Gasteiger partial charge in [0.15, 0.2) is 11.5 Å². The fourth-order valence-corrected chi connectivity index (χ4v) is 3.83. The van der Waals surface area contributed by atoms with Gasteiger partial charge in [-0.3, -0.25) is 4.40 Å². The normalized spacial score (nSPS) is 11.3. The van der Waals surface area contributed by atoms with Gasteiger partial charge in [0, 0.05) is 17.2 Å². The first kappa shape index (κ1) is 18.3. The van der Waals surface area contributed by atoms with Gasteiger partial charge in [-0.25, -0.2) is 4.98 Å². The Hall–Kier alpha value is -3.73. The average Bonchev–Trinajstić information content (AvgIpc) is 3.25. The molecule has 0 aliphatic rings. The van der Waals surface area contributed by atoms with E-state index in [-0.39, 0.29) is 0 Å². The van der Waals surface area contributed by atoms with Crippen molar-refractivity contribution >= 4 is 16.7 Å². The predicted octanol–water partition coefficient (Wildman–Crippen LogP) is 5.57. The molecule has 0 aliphatic heterocycles. The summed E-state index contributed by atoms with van der Waals surface area (Å²) in [6, 6.07) is 24.6. The van der Waals surface area contributed by atoms with Crippen LogP contribution in [-0.2, 0) is 6.42 Å². The minimum absolute atomic E-state index is 0.731. The van der Waals surface area contributed by atoms with E-state index in [2.05, 4.69) is 45.8 Å². The molecule has 5 rings (SSSR count). The highest BCUT2D eigenvalue weighted by Crippen LogP contribution is 2.31. The van der Waals surface area contributed by atoms with Crippen molar-refractivity contribution in [3.8, 4) is 28.4 Å². The van der Waals surface area contributed by atoms with Crippen molar-refractivity contribution in [2.45, 2.75) is 19.8 Å². The van der Waals surface area contributed by atoms with Gasteiger partial charge >= 0.3 is 0 Å². The van der Waals surface area contributed by atoms with Crippen LogP contribution in [0.1, 0.15) is 18.9 Å². The summed E-state index contributed by atoms with van der Waals surface area (Å²) in [6.45, 7) is 2.19. The third-order valence-corrected chi connectivity index (χ3v) is 5.33. The Morgan fingerprint density at radius 1 is 0.867 bits per heavy atom. The lowest BCUT2D eigenvalue weighted by atomic mass is 10.1. The number of aryl methyl sites for hydroxylation is 1. The third kappa shape index (κ3) is 3.08. The Balaban J connectivity index is 1.81. The van der Waals surface area contributed by atoms with E-state index in [0.29, 0.717) is 0 Å². The van der Waals surface area contributed by atoms with Crippen LogP contribution in [0.15, 0.2) is 72.8 Å². The van der Waals surface area contributed by atoms with Crippen molar-refractivity contribution in [3.05, 3.63) is 78.4 Å². The molecule has 0 saturated carbocycles. The van der Waals surface area contributed by atoms with Crippen LogP contribution in [0.3, 0.4) is 0 Å². The highest BCUT2D eigenvalue weighted by molar-refractivity contribution is 5.88. The minimum atomic E-state index is 0.731. The van der Waals surface area contributed by atoms with Crippen molar-refractivity contribution < 1.29 is 4.74 Å². The molecule has 0 radical (unpaired) electrons. The maximum atomic E-state index is 5.47. The van der Waals surface area contributed by atoms with Crippen LogP contribution in [0, 0.1) is 0 Å². The van der Waals surface area contributed by atoms with E-state index in [1.807, 2.05) is 48.5 Å². The molecule has 2 heterocycles.